The van der Waals surface area contributed by atoms with Gasteiger partial charge in [-0.3, -0.25) is 0 Å². The third-order valence-electron chi connectivity index (χ3n) is 3.88. The summed E-state index contributed by atoms with van der Waals surface area (Å²) in [6, 6.07) is 10.9. The monoisotopic (exact) mass is 436 g/mol. The van der Waals surface area contributed by atoms with E-state index in [0.717, 1.165) is 0 Å². The molecule has 0 spiro atoms. The zero-order valence-corrected chi connectivity index (χ0v) is 17.5. The quantitative estimate of drug-likeness (QED) is 0.526. The van der Waals surface area contributed by atoms with Crippen LogP contribution in [0, 0.1) is 0 Å². The van der Waals surface area contributed by atoms with Crippen LogP contribution in [0.3, 0.4) is 0 Å². The Bertz CT molecular complexity index is 1130. The highest BCUT2D eigenvalue weighted by Gasteiger charge is 2.17. The molecule has 11 heteroatoms. The lowest BCUT2D eigenvalue weighted by atomic mass is 10.3. The van der Waals surface area contributed by atoms with Gasteiger partial charge < -0.3 is 10.6 Å². The second kappa shape index (κ2) is 8.76. The third-order valence-corrected chi connectivity index (χ3v) is 5.77. The summed E-state index contributed by atoms with van der Waals surface area (Å²) in [6.45, 7) is 4.18. The van der Waals surface area contributed by atoms with Crippen LogP contribution in [0.4, 0.5) is 10.5 Å². The van der Waals surface area contributed by atoms with Crippen LogP contribution in [-0.2, 0) is 16.6 Å². The second-order valence-electron chi connectivity index (χ2n) is 6.63. The number of carbonyl (C=O) groups is 1. The number of aromatic nitrogens is 3. The van der Waals surface area contributed by atoms with E-state index < -0.39 is 10.0 Å². The highest BCUT2D eigenvalue weighted by molar-refractivity contribution is 7.89. The highest BCUT2D eigenvalue weighted by atomic mass is 35.5. The number of halogens is 1. The van der Waals surface area contributed by atoms with Crippen molar-refractivity contribution in [1.29, 1.82) is 0 Å². The van der Waals surface area contributed by atoms with E-state index in [1.54, 1.807) is 48.9 Å². The summed E-state index contributed by atoms with van der Waals surface area (Å²) in [5.74, 6) is 0. The predicted octanol–water partition coefficient (Wildman–Crippen LogP) is 2.59. The summed E-state index contributed by atoms with van der Waals surface area (Å²) in [5, 5.41) is 14.0. The maximum Gasteiger partial charge on any atom is 0.319 e. The molecule has 1 heterocycles. The van der Waals surface area contributed by atoms with Gasteiger partial charge in [0, 0.05) is 23.3 Å². The first-order valence-corrected chi connectivity index (χ1v) is 10.8. The van der Waals surface area contributed by atoms with Gasteiger partial charge in [0.1, 0.15) is 5.52 Å². The molecule has 9 nitrogen and oxygen atoms in total. The standard InChI is InChI=1S/C18H21ClN6O3S/c1-12(2)23-29(27,28)15-6-7-17-16(11-15)22-24-25(17)9-8-20-18(26)21-14-5-3-4-13(19)10-14/h3-7,10-12,23H,8-9H2,1-2H3,(H2,20,21,26). The molecule has 0 saturated heterocycles. The molecule has 0 atom stereocenters. The molecule has 1 aromatic heterocycles. The molecule has 29 heavy (non-hydrogen) atoms. The fourth-order valence-electron chi connectivity index (χ4n) is 2.68. The van der Waals surface area contributed by atoms with Gasteiger partial charge in [0.15, 0.2) is 0 Å². The predicted molar refractivity (Wildman–Crippen MR) is 111 cm³/mol. The minimum atomic E-state index is -3.60. The van der Waals surface area contributed by atoms with Gasteiger partial charge in [0.2, 0.25) is 10.0 Å². The number of fused-ring (bicyclic) bond motifs is 1. The van der Waals surface area contributed by atoms with Gasteiger partial charge in [0.05, 0.1) is 17.0 Å². The first-order valence-electron chi connectivity index (χ1n) is 8.90. The summed E-state index contributed by atoms with van der Waals surface area (Å²) >= 11 is 5.89. The SMILES string of the molecule is CC(C)NS(=O)(=O)c1ccc2c(c1)nnn2CCNC(=O)Nc1cccc(Cl)c1. The van der Waals surface area contributed by atoms with Crippen LogP contribution in [0.25, 0.3) is 11.0 Å². The number of hydrogen-bond acceptors (Lipinski definition) is 5. The van der Waals surface area contributed by atoms with Crippen LogP contribution < -0.4 is 15.4 Å². The van der Waals surface area contributed by atoms with Crippen molar-refractivity contribution in [3.05, 3.63) is 47.5 Å². The maximum atomic E-state index is 12.3. The minimum absolute atomic E-state index is 0.129. The van der Waals surface area contributed by atoms with Crippen LogP contribution in [0.2, 0.25) is 5.02 Å². The Morgan fingerprint density at radius 3 is 2.72 bits per heavy atom. The maximum absolute atomic E-state index is 12.3. The van der Waals surface area contributed by atoms with Crippen molar-refractivity contribution in [2.75, 3.05) is 11.9 Å². The van der Waals surface area contributed by atoms with Gasteiger partial charge in [0.25, 0.3) is 0 Å². The molecule has 0 radical (unpaired) electrons. The molecule has 0 unspecified atom stereocenters. The molecule has 3 aromatic rings. The molecule has 0 aliphatic rings. The van der Waals surface area contributed by atoms with Crippen molar-refractivity contribution in [1.82, 2.24) is 25.0 Å². The van der Waals surface area contributed by atoms with Crippen LogP contribution in [0.5, 0.6) is 0 Å². The van der Waals surface area contributed by atoms with Crippen LogP contribution in [0.1, 0.15) is 13.8 Å². The molecule has 0 fully saturated rings. The number of carbonyl (C=O) groups excluding carboxylic acids is 1. The third kappa shape index (κ3) is 5.43. The lowest BCUT2D eigenvalue weighted by Crippen LogP contribution is -2.31. The van der Waals surface area contributed by atoms with Crippen molar-refractivity contribution in [2.24, 2.45) is 0 Å². The number of anilines is 1. The second-order valence-corrected chi connectivity index (χ2v) is 8.78. The number of nitrogens with one attached hydrogen (secondary N) is 3. The molecular weight excluding hydrogens is 416 g/mol. The Kier molecular flexibility index (Phi) is 6.36. The van der Waals surface area contributed by atoms with Crippen molar-refractivity contribution < 1.29 is 13.2 Å². The molecular formula is C18H21ClN6O3S. The van der Waals surface area contributed by atoms with Crippen LogP contribution >= 0.6 is 11.6 Å². The Balaban J connectivity index is 1.62. The lowest BCUT2D eigenvalue weighted by molar-refractivity contribution is 0.251. The van der Waals surface area contributed by atoms with E-state index in [1.165, 1.54) is 12.1 Å². The minimum Gasteiger partial charge on any atom is -0.336 e. The van der Waals surface area contributed by atoms with Crippen LogP contribution in [0.15, 0.2) is 47.4 Å². The number of sulfonamides is 1. The summed E-state index contributed by atoms with van der Waals surface area (Å²) in [6.07, 6.45) is 0. The number of hydrogen-bond donors (Lipinski definition) is 3. The van der Waals surface area contributed by atoms with E-state index in [4.69, 9.17) is 11.6 Å². The highest BCUT2D eigenvalue weighted by Crippen LogP contribution is 2.17. The number of urea groups is 1. The Morgan fingerprint density at radius 2 is 2.00 bits per heavy atom. The van der Waals surface area contributed by atoms with Crippen molar-refractivity contribution in [2.45, 2.75) is 31.3 Å². The van der Waals surface area contributed by atoms with Gasteiger partial charge in [-0.05, 0) is 50.2 Å². The van der Waals surface area contributed by atoms with E-state index in [2.05, 4.69) is 25.7 Å². The molecule has 0 aliphatic carbocycles. The number of benzene rings is 2. The van der Waals surface area contributed by atoms with Crippen molar-refractivity contribution in [3.63, 3.8) is 0 Å². The molecule has 0 saturated carbocycles. The van der Waals surface area contributed by atoms with Gasteiger partial charge in [-0.25, -0.2) is 22.6 Å². The number of nitrogens with zero attached hydrogens (tertiary/aromatic N) is 3. The lowest BCUT2D eigenvalue weighted by Gasteiger charge is -2.10. The largest absolute Gasteiger partial charge is 0.336 e. The molecule has 0 bridgehead atoms. The topological polar surface area (TPSA) is 118 Å². The summed E-state index contributed by atoms with van der Waals surface area (Å²) in [4.78, 5) is 12.1. The Morgan fingerprint density at radius 1 is 1.21 bits per heavy atom. The van der Waals surface area contributed by atoms with E-state index in [0.29, 0.717) is 34.8 Å². The number of rotatable bonds is 7. The molecule has 154 valence electrons. The van der Waals surface area contributed by atoms with Gasteiger partial charge in [-0.1, -0.05) is 22.9 Å². The smallest absolute Gasteiger partial charge is 0.319 e. The van der Waals surface area contributed by atoms with E-state index in [9.17, 15) is 13.2 Å². The average molecular weight is 437 g/mol. The normalized spacial score (nSPS) is 11.7. The van der Waals surface area contributed by atoms with Gasteiger partial charge in [-0.2, -0.15) is 0 Å². The zero-order valence-electron chi connectivity index (χ0n) is 15.9. The fraction of sp³-hybridized carbons (Fsp3) is 0.278. The Hall–Kier alpha value is -2.69. The first kappa shape index (κ1) is 21.0. The summed E-state index contributed by atoms with van der Waals surface area (Å²) in [5.41, 5.74) is 1.72. The summed E-state index contributed by atoms with van der Waals surface area (Å²) in [7, 11) is -3.60. The van der Waals surface area contributed by atoms with E-state index in [1.807, 2.05) is 0 Å². The zero-order chi connectivity index (χ0) is 21.0. The molecule has 2 amide bonds. The van der Waals surface area contributed by atoms with Crippen molar-refractivity contribution in [3.8, 4) is 0 Å². The summed E-state index contributed by atoms with van der Waals surface area (Å²) < 4.78 is 28.7. The van der Waals surface area contributed by atoms with Gasteiger partial charge >= 0.3 is 6.03 Å². The fourth-order valence-corrected chi connectivity index (χ4v) is 4.14. The molecule has 3 rings (SSSR count). The van der Waals surface area contributed by atoms with Crippen LogP contribution in [-0.4, -0.2) is 42.0 Å². The Labute approximate surface area is 173 Å². The first-order chi connectivity index (χ1) is 13.7. The number of amides is 2. The average Bonchev–Trinajstić information content (AvgIpc) is 3.03. The molecule has 0 aliphatic heterocycles. The van der Waals surface area contributed by atoms with E-state index in [-0.39, 0.29) is 17.0 Å². The van der Waals surface area contributed by atoms with E-state index >= 15 is 0 Å². The van der Waals surface area contributed by atoms with Gasteiger partial charge in [-0.15, -0.1) is 5.10 Å². The molecule has 3 N–H and O–H groups in total. The van der Waals surface area contributed by atoms with Crippen molar-refractivity contribution >= 4 is 44.4 Å². The molecule has 2 aromatic carbocycles.